The van der Waals surface area contributed by atoms with Gasteiger partial charge in [-0.15, -0.1) is 0 Å². The van der Waals surface area contributed by atoms with E-state index in [9.17, 15) is 4.79 Å². The fraction of sp³-hybridized carbons (Fsp3) is 0.318. The van der Waals surface area contributed by atoms with Crippen molar-refractivity contribution in [2.75, 3.05) is 18.0 Å². The van der Waals surface area contributed by atoms with Crippen molar-refractivity contribution < 1.29 is 13.6 Å². The third-order valence-corrected chi connectivity index (χ3v) is 5.31. The first-order chi connectivity index (χ1) is 13.7. The number of rotatable bonds is 6. The normalized spacial score (nSPS) is 14.2. The lowest BCUT2D eigenvalue weighted by molar-refractivity contribution is 0.0705. The van der Waals surface area contributed by atoms with Crippen LogP contribution in [0.15, 0.2) is 63.6 Å². The molecular formula is C22H23ClN2O3. The highest BCUT2D eigenvalue weighted by Gasteiger charge is 2.22. The summed E-state index contributed by atoms with van der Waals surface area (Å²) in [6.07, 6.45) is 5.25. The van der Waals surface area contributed by atoms with Gasteiger partial charge in [-0.05, 0) is 49.6 Å². The second-order valence-corrected chi connectivity index (χ2v) is 7.42. The Morgan fingerprint density at radius 1 is 0.964 bits per heavy atom. The largest absolute Gasteiger partial charge is 0.467 e. The molecular weight excluding hydrogens is 376 g/mol. The lowest BCUT2D eigenvalue weighted by Crippen LogP contribution is -2.30. The van der Waals surface area contributed by atoms with E-state index in [-0.39, 0.29) is 5.91 Å². The van der Waals surface area contributed by atoms with Crippen molar-refractivity contribution in [3.8, 4) is 0 Å². The van der Waals surface area contributed by atoms with Gasteiger partial charge in [0.1, 0.15) is 11.5 Å². The van der Waals surface area contributed by atoms with Gasteiger partial charge in [0.25, 0.3) is 5.91 Å². The summed E-state index contributed by atoms with van der Waals surface area (Å²) in [6.45, 7) is 2.72. The minimum Gasteiger partial charge on any atom is -0.467 e. The van der Waals surface area contributed by atoms with E-state index in [1.807, 2.05) is 36.4 Å². The molecule has 0 N–H and O–H groups in total. The Bertz CT molecular complexity index is 914. The number of nitrogens with zero attached hydrogens (tertiary/aromatic N) is 2. The monoisotopic (exact) mass is 398 g/mol. The SMILES string of the molecule is O=C(c1ccccc1Cl)N(Cc1ccco1)Cc1ccc(N2CCCCC2)o1. The molecule has 3 aromatic rings. The first kappa shape index (κ1) is 18.7. The average molecular weight is 399 g/mol. The number of furan rings is 2. The molecule has 6 heteroatoms. The first-order valence-electron chi connectivity index (χ1n) is 9.60. The van der Waals surface area contributed by atoms with Crippen molar-refractivity contribution in [3.05, 3.63) is 76.9 Å². The van der Waals surface area contributed by atoms with Gasteiger partial charge in [-0.2, -0.15) is 0 Å². The van der Waals surface area contributed by atoms with Crippen molar-refractivity contribution in [3.63, 3.8) is 0 Å². The van der Waals surface area contributed by atoms with E-state index in [1.54, 1.807) is 23.3 Å². The molecule has 1 saturated heterocycles. The number of benzene rings is 1. The van der Waals surface area contributed by atoms with Crippen LogP contribution in [0.1, 0.15) is 41.1 Å². The van der Waals surface area contributed by atoms with E-state index >= 15 is 0 Å². The first-order valence-corrected chi connectivity index (χ1v) is 9.98. The van der Waals surface area contributed by atoms with Crippen LogP contribution in [-0.2, 0) is 13.1 Å². The lowest BCUT2D eigenvalue weighted by atomic mass is 10.1. The topological polar surface area (TPSA) is 49.8 Å². The summed E-state index contributed by atoms with van der Waals surface area (Å²) >= 11 is 6.25. The predicted octanol–water partition coefficient (Wildman–Crippen LogP) is 5.36. The zero-order chi connectivity index (χ0) is 19.3. The summed E-state index contributed by atoms with van der Waals surface area (Å²) in [5.41, 5.74) is 0.471. The molecule has 28 heavy (non-hydrogen) atoms. The standard InChI is InChI=1S/C22H23ClN2O3/c23-20-9-3-2-8-19(20)22(26)25(15-17-7-6-14-27-17)16-18-10-11-21(28-18)24-12-4-1-5-13-24/h2-3,6-11,14H,1,4-5,12-13,15-16H2. The number of carbonyl (C=O) groups is 1. The van der Waals surface area contributed by atoms with Gasteiger partial charge in [-0.3, -0.25) is 4.79 Å². The third-order valence-electron chi connectivity index (χ3n) is 4.98. The van der Waals surface area contributed by atoms with Crippen molar-refractivity contribution in [1.82, 2.24) is 4.90 Å². The maximum atomic E-state index is 13.2. The highest BCUT2D eigenvalue weighted by atomic mass is 35.5. The van der Waals surface area contributed by atoms with Gasteiger partial charge in [-0.25, -0.2) is 0 Å². The summed E-state index contributed by atoms with van der Waals surface area (Å²) in [7, 11) is 0. The molecule has 0 atom stereocenters. The van der Waals surface area contributed by atoms with E-state index in [0.717, 1.165) is 24.7 Å². The molecule has 146 valence electrons. The molecule has 0 saturated carbocycles. The molecule has 1 aliphatic rings. The smallest absolute Gasteiger partial charge is 0.256 e. The maximum absolute atomic E-state index is 13.2. The van der Waals surface area contributed by atoms with Gasteiger partial charge >= 0.3 is 0 Å². The number of carbonyl (C=O) groups excluding carboxylic acids is 1. The van der Waals surface area contributed by atoms with Gasteiger partial charge in [0.15, 0.2) is 5.88 Å². The highest BCUT2D eigenvalue weighted by molar-refractivity contribution is 6.33. The van der Waals surface area contributed by atoms with E-state index in [2.05, 4.69) is 4.90 Å². The Morgan fingerprint density at radius 3 is 2.50 bits per heavy atom. The highest BCUT2D eigenvalue weighted by Crippen LogP contribution is 2.25. The molecule has 1 aromatic carbocycles. The summed E-state index contributed by atoms with van der Waals surface area (Å²) in [5, 5.41) is 0.436. The van der Waals surface area contributed by atoms with Crippen LogP contribution in [0.4, 0.5) is 5.88 Å². The lowest BCUT2D eigenvalue weighted by Gasteiger charge is -2.26. The fourth-order valence-corrected chi connectivity index (χ4v) is 3.74. The van der Waals surface area contributed by atoms with E-state index in [4.69, 9.17) is 20.4 Å². The summed E-state index contributed by atoms with van der Waals surface area (Å²) in [4.78, 5) is 17.1. The molecule has 1 aliphatic heterocycles. The quantitative estimate of drug-likeness (QED) is 0.561. The molecule has 0 bridgehead atoms. The Labute approximate surface area is 169 Å². The molecule has 0 unspecified atom stereocenters. The molecule has 0 spiro atoms. The van der Waals surface area contributed by atoms with Crippen LogP contribution < -0.4 is 4.90 Å². The average Bonchev–Trinajstić information content (AvgIpc) is 3.40. The molecule has 0 aliphatic carbocycles. The third kappa shape index (κ3) is 4.25. The van der Waals surface area contributed by atoms with E-state index < -0.39 is 0 Å². The summed E-state index contributed by atoms with van der Waals surface area (Å²) in [6, 6.07) is 14.7. The van der Waals surface area contributed by atoms with Crippen LogP contribution >= 0.6 is 11.6 Å². The van der Waals surface area contributed by atoms with E-state index in [1.165, 1.54) is 19.3 Å². The summed E-state index contributed by atoms with van der Waals surface area (Å²) < 4.78 is 11.5. The molecule has 5 nitrogen and oxygen atoms in total. The van der Waals surface area contributed by atoms with Gasteiger partial charge in [0.2, 0.25) is 0 Å². The Morgan fingerprint density at radius 2 is 1.75 bits per heavy atom. The van der Waals surface area contributed by atoms with Gasteiger partial charge in [0.05, 0.1) is 29.9 Å². The Kier molecular flexibility index (Phi) is 5.72. The summed E-state index contributed by atoms with van der Waals surface area (Å²) in [5.74, 6) is 2.17. The minimum atomic E-state index is -0.155. The van der Waals surface area contributed by atoms with Crippen molar-refractivity contribution in [2.45, 2.75) is 32.4 Å². The number of halogens is 1. The van der Waals surface area contributed by atoms with Gasteiger partial charge in [-0.1, -0.05) is 23.7 Å². The molecule has 2 aromatic heterocycles. The Hall–Kier alpha value is -2.66. The van der Waals surface area contributed by atoms with Gasteiger partial charge < -0.3 is 18.6 Å². The van der Waals surface area contributed by atoms with Crippen LogP contribution in [0.3, 0.4) is 0 Å². The zero-order valence-electron chi connectivity index (χ0n) is 15.6. The second kappa shape index (κ2) is 8.57. The van der Waals surface area contributed by atoms with Crippen LogP contribution in [0.5, 0.6) is 0 Å². The van der Waals surface area contributed by atoms with E-state index in [0.29, 0.717) is 29.4 Å². The fourth-order valence-electron chi connectivity index (χ4n) is 3.52. The van der Waals surface area contributed by atoms with Crippen molar-refractivity contribution in [1.29, 1.82) is 0 Å². The Balaban J connectivity index is 1.54. The van der Waals surface area contributed by atoms with Crippen molar-refractivity contribution in [2.24, 2.45) is 0 Å². The van der Waals surface area contributed by atoms with Crippen LogP contribution in [0.2, 0.25) is 5.02 Å². The van der Waals surface area contributed by atoms with Crippen LogP contribution in [0.25, 0.3) is 0 Å². The minimum absolute atomic E-state index is 0.155. The number of anilines is 1. The number of amides is 1. The van der Waals surface area contributed by atoms with Crippen LogP contribution in [0, 0.1) is 0 Å². The van der Waals surface area contributed by atoms with Crippen LogP contribution in [-0.4, -0.2) is 23.9 Å². The molecule has 0 radical (unpaired) electrons. The number of hydrogen-bond donors (Lipinski definition) is 0. The zero-order valence-corrected chi connectivity index (χ0v) is 16.4. The maximum Gasteiger partial charge on any atom is 0.256 e. The predicted molar refractivity (Wildman–Crippen MR) is 109 cm³/mol. The molecule has 1 amide bonds. The number of piperidine rings is 1. The number of hydrogen-bond acceptors (Lipinski definition) is 4. The molecule has 3 heterocycles. The molecule has 1 fully saturated rings. The van der Waals surface area contributed by atoms with Crippen molar-refractivity contribution >= 4 is 23.4 Å². The second-order valence-electron chi connectivity index (χ2n) is 7.01. The molecule has 4 rings (SSSR count). The van der Waals surface area contributed by atoms with Gasteiger partial charge in [0, 0.05) is 19.2 Å².